The summed E-state index contributed by atoms with van der Waals surface area (Å²) in [7, 11) is 0. The Hall–Kier alpha value is -0.520. The van der Waals surface area contributed by atoms with Gasteiger partial charge in [-0.15, -0.1) is 0 Å². The highest BCUT2D eigenvalue weighted by molar-refractivity contribution is 5.22. The third-order valence-corrected chi connectivity index (χ3v) is 2.17. The molecule has 0 heteroatoms. The van der Waals surface area contributed by atoms with Gasteiger partial charge in [0.05, 0.1) is 0 Å². The Bertz CT molecular complexity index is 170. The second kappa shape index (κ2) is 6.01. The van der Waals surface area contributed by atoms with Crippen LogP contribution in [0.3, 0.4) is 0 Å². The van der Waals surface area contributed by atoms with Crippen molar-refractivity contribution in [2.45, 2.75) is 47.5 Å². The minimum Gasteiger partial charge on any atom is -0.0988 e. The van der Waals surface area contributed by atoms with Crippen LogP contribution in [-0.4, -0.2) is 0 Å². The van der Waals surface area contributed by atoms with E-state index in [0.29, 0.717) is 0 Å². The summed E-state index contributed by atoms with van der Waals surface area (Å²) in [5, 5.41) is 0. The summed E-state index contributed by atoms with van der Waals surface area (Å²) in [6.45, 7) is 15.1. The fraction of sp³-hybridized carbons (Fsp3) is 0.692. The van der Waals surface area contributed by atoms with Crippen molar-refractivity contribution >= 4 is 0 Å². The number of hydrogen-bond acceptors (Lipinski definition) is 0. The third kappa shape index (κ3) is 5.68. The molecule has 0 aromatic heterocycles. The molecule has 0 atom stereocenters. The Kier molecular flexibility index (Phi) is 5.77. The van der Waals surface area contributed by atoms with Crippen molar-refractivity contribution in [3.63, 3.8) is 0 Å². The lowest BCUT2D eigenvalue weighted by Gasteiger charge is -2.14. The molecule has 0 amide bonds. The maximum absolute atomic E-state index is 3.84. The first-order valence-electron chi connectivity index (χ1n) is 5.28. The van der Waals surface area contributed by atoms with Gasteiger partial charge in [0, 0.05) is 0 Å². The van der Waals surface area contributed by atoms with Crippen molar-refractivity contribution in [2.24, 2.45) is 11.8 Å². The lowest BCUT2D eigenvalue weighted by Crippen LogP contribution is -1.98. The maximum atomic E-state index is 3.84. The van der Waals surface area contributed by atoms with Crippen LogP contribution in [0.2, 0.25) is 0 Å². The molecule has 0 aliphatic heterocycles. The highest BCUT2D eigenvalue weighted by atomic mass is 14.1. The Labute approximate surface area is 83.7 Å². The van der Waals surface area contributed by atoms with Gasteiger partial charge in [0.25, 0.3) is 0 Å². The van der Waals surface area contributed by atoms with Gasteiger partial charge < -0.3 is 0 Å². The van der Waals surface area contributed by atoms with Gasteiger partial charge in [-0.25, -0.2) is 0 Å². The summed E-state index contributed by atoms with van der Waals surface area (Å²) in [5.74, 6) is 1.51. The van der Waals surface area contributed by atoms with Gasteiger partial charge in [-0.2, -0.15) is 0 Å². The lowest BCUT2D eigenvalue weighted by molar-refractivity contribution is 0.567. The smallest absolute Gasteiger partial charge is 0.0291 e. The Morgan fingerprint density at radius 2 is 1.46 bits per heavy atom. The predicted octanol–water partition coefficient (Wildman–Crippen LogP) is 4.58. The zero-order valence-corrected chi connectivity index (χ0v) is 9.85. The van der Waals surface area contributed by atoms with E-state index in [1.54, 1.807) is 5.57 Å². The van der Waals surface area contributed by atoms with Crippen LogP contribution in [0.5, 0.6) is 0 Å². The Morgan fingerprint density at radius 1 is 1.08 bits per heavy atom. The molecule has 0 aromatic rings. The van der Waals surface area contributed by atoms with Crippen LogP contribution >= 0.6 is 0 Å². The first kappa shape index (κ1) is 12.5. The van der Waals surface area contributed by atoms with Crippen molar-refractivity contribution in [3.05, 3.63) is 23.8 Å². The monoisotopic (exact) mass is 180 g/mol. The van der Waals surface area contributed by atoms with Crippen LogP contribution in [0, 0.1) is 11.8 Å². The minimum absolute atomic E-state index is 0.753. The van der Waals surface area contributed by atoms with Crippen LogP contribution in [0.15, 0.2) is 23.8 Å². The molecule has 76 valence electrons. The van der Waals surface area contributed by atoms with E-state index >= 15 is 0 Å². The molecule has 0 saturated heterocycles. The van der Waals surface area contributed by atoms with Gasteiger partial charge in [0.2, 0.25) is 0 Å². The second-order valence-corrected chi connectivity index (χ2v) is 4.69. The quantitative estimate of drug-likeness (QED) is 0.543. The van der Waals surface area contributed by atoms with Gasteiger partial charge in [0.1, 0.15) is 0 Å². The third-order valence-electron chi connectivity index (χ3n) is 2.17. The largest absolute Gasteiger partial charge is 0.0988 e. The van der Waals surface area contributed by atoms with E-state index in [-0.39, 0.29) is 0 Å². The Morgan fingerprint density at radius 3 is 1.69 bits per heavy atom. The summed E-state index contributed by atoms with van der Waals surface area (Å²) in [5.41, 5.74) is 2.96. The van der Waals surface area contributed by atoms with Crippen LogP contribution < -0.4 is 0 Å². The maximum Gasteiger partial charge on any atom is -0.0291 e. The molecule has 13 heavy (non-hydrogen) atoms. The molecular formula is C13H24. The topological polar surface area (TPSA) is 0 Å². The van der Waals surface area contributed by atoms with Crippen molar-refractivity contribution in [2.75, 3.05) is 0 Å². The summed E-state index contributed by atoms with van der Waals surface area (Å²) < 4.78 is 0. The van der Waals surface area contributed by atoms with Crippen molar-refractivity contribution in [3.8, 4) is 0 Å². The van der Waals surface area contributed by atoms with Gasteiger partial charge in [0.15, 0.2) is 0 Å². The molecule has 0 spiro atoms. The zero-order valence-electron chi connectivity index (χ0n) is 9.85. The van der Waals surface area contributed by atoms with E-state index in [0.717, 1.165) is 11.8 Å². The van der Waals surface area contributed by atoms with Crippen molar-refractivity contribution in [1.29, 1.82) is 0 Å². The molecule has 0 nitrogen and oxygen atoms in total. The summed E-state index contributed by atoms with van der Waals surface area (Å²) in [6, 6.07) is 0. The second-order valence-electron chi connectivity index (χ2n) is 4.69. The predicted molar refractivity (Wildman–Crippen MR) is 61.8 cm³/mol. The average Bonchev–Trinajstić information content (AvgIpc) is 2.00. The first-order chi connectivity index (χ1) is 5.97. The fourth-order valence-corrected chi connectivity index (χ4v) is 1.54. The summed E-state index contributed by atoms with van der Waals surface area (Å²) in [4.78, 5) is 0. The van der Waals surface area contributed by atoms with Gasteiger partial charge >= 0.3 is 0 Å². The van der Waals surface area contributed by atoms with E-state index in [1.165, 1.54) is 18.4 Å². The van der Waals surface area contributed by atoms with Crippen molar-refractivity contribution < 1.29 is 0 Å². The fourth-order valence-electron chi connectivity index (χ4n) is 1.54. The van der Waals surface area contributed by atoms with Crippen LogP contribution in [-0.2, 0) is 0 Å². The van der Waals surface area contributed by atoms with E-state index in [2.05, 4.69) is 41.2 Å². The average molecular weight is 180 g/mol. The van der Waals surface area contributed by atoms with Crippen LogP contribution in [0.1, 0.15) is 47.5 Å². The molecule has 0 radical (unpaired) electrons. The van der Waals surface area contributed by atoms with Gasteiger partial charge in [-0.1, -0.05) is 51.5 Å². The zero-order chi connectivity index (χ0) is 10.4. The molecule has 0 heterocycles. The standard InChI is InChI=1S/C13H24/c1-7-12(6)13(8-10(2)3)9-11(4)5/h7,10-11H,1,8-9H2,2-6H3. The Balaban J connectivity index is 4.45. The molecule has 0 unspecified atom stereocenters. The molecule has 0 aliphatic rings. The molecule has 0 rings (SSSR count). The van der Waals surface area contributed by atoms with Gasteiger partial charge in [-0.05, 0) is 31.6 Å². The highest BCUT2D eigenvalue weighted by Gasteiger charge is 2.06. The molecule has 0 aromatic carbocycles. The van der Waals surface area contributed by atoms with E-state index in [1.807, 2.05) is 6.08 Å². The molecule has 0 fully saturated rings. The van der Waals surface area contributed by atoms with E-state index < -0.39 is 0 Å². The summed E-state index contributed by atoms with van der Waals surface area (Å²) in [6.07, 6.45) is 4.42. The van der Waals surface area contributed by atoms with Gasteiger partial charge in [-0.3, -0.25) is 0 Å². The molecular weight excluding hydrogens is 156 g/mol. The van der Waals surface area contributed by atoms with Crippen LogP contribution in [0.4, 0.5) is 0 Å². The van der Waals surface area contributed by atoms with E-state index in [4.69, 9.17) is 0 Å². The van der Waals surface area contributed by atoms with Crippen molar-refractivity contribution in [1.82, 2.24) is 0 Å². The first-order valence-corrected chi connectivity index (χ1v) is 5.28. The van der Waals surface area contributed by atoms with E-state index in [9.17, 15) is 0 Å². The molecule has 0 saturated carbocycles. The SMILES string of the molecule is C=CC(C)=C(CC(C)C)CC(C)C. The number of allylic oxidation sites excluding steroid dienone is 3. The number of rotatable bonds is 5. The minimum atomic E-state index is 0.753. The lowest BCUT2D eigenvalue weighted by atomic mass is 9.91. The van der Waals surface area contributed by atoms with Crippen LogP contribution in [0.25, 0.3) is 0 Å². The number of hydrogen-bond donors (Lipinski definition) is 0. The molecule has 0 N–H and O–H groups in total. The summed E-state index contributed by atoms with van der Waals surface area (Å²) >= 11 is 0. The molecule has 0 bridgehead atoms. The normalized spacial score (nSPS) is 10.7. The molecule has 0 aliphatic carbocycles. The highest BCUT2D eigenvalue weighted by Crippen LogP contribution is 2.22.